The van der Waals surface area contributed by atoms with Crippen molar-refractivity contribution in [3.05, 3.63) is 200 Å². The molecule has 0 bridgehead atoms. The SMILES string of the molecule is c1ccc(-c2cccc3cccc(-c4cccc(-c5ccc(N(c6ccccc6)c6cc7ccccc7c7ccccc67)cc5)c4)c23)cc1. The molecule has 1 heteroatoms. The monoisotopic (exact) mass is 623 g/mol. The molecule has 9 aromatic rings. The van der Waals surface area contributed by atoms with Crippen LogP contribution in [0.25, 0.3) is 65.7 Å². The number of rotatable bonds is 6. The van der Waals surface area contributed by atoms with Gasteiger partial charge in [0.2, 0.25) is 0 Å². The molecule has 0 aliphatic rings. The third kappa shape index (κ3) is 5.23. The fraction of sp³-hybridized carbons (Fsp3) is 0. The van der Waals surface area contributed by atoms with Gasteiger partial charge in [0.05, 0.1) is 5.69 Å². The van der Waals surface area contributed by atoms with E-state index in [0.717, 1.165) is 11.4 Å². The molecule has 0 saturated heterocycles. The molecule has 0 aromatic heterocycles. The lowest BCUT2D eigenvalue weighted by molar-refractivity contribution is 1.30. The number of para-hydroxylation sites is 1. The average molecular weight is 624 g/mol. The highest BCUT2D eigenvalue weighted by Crippen LogP contribution is 2.43. The summed E-state index contributed by atoms with van der Waals surface area (Å²) in [5.74, 6) is 0. The van der Waals surface area contributed by atoms with E-state index in [2.05, 4.69) is 205 Å². The Morgan fingerprint density at radius 3 is 1.57 bits per heavy atom. The van der Waals surface area contributed by atoms with Crippen LogP contribution in [-0.4, -0.2) is 0 Å². The molecule has 9 rings (SSSR count). The van der Waals surface area contributed by atoms with E-state index in [1.807, 2.05) is 0 Å². The van der Waals surface area contributed by atoms with Crippen LogP contribution in [-0.2, 0) is 0 Å². The van der Waals surface area contributed by atoms with E-state index in [0.29, 0.717) is 0 Å². The van der Waals surface area contributed by atoms with Crippen LogP contribution in [0.15, 0.2) is 200 Å². The van der Waals surface area contributed by atoms with E-state index < -0.39 is 0 Å². The van der Waals surface area contributed by atoms with Crippen molar-refractivity contribution in [2.24, 2.45) is 0 Å². The van der Waals surface area contributed by atoms with Crippen LogP contribution in [0, 0.1) is 0 Å². The van der Waals surface area contributed by atoms with Gasteiger partial charge in [0.1, 0.15) is 0 Å². The summed E-state index contributed by atoms with van der Waals surface area (Å²) >= 11 is 0. The zero-order valence-electron chi connectivity index (χ0n) is 27.0. The number of hydrogen-bond acceptors (Lipinski definition) is 1. The summed E-state index contributed by atoms with van der Waals surface area (Å²) in [6, 6.07) is 72.4. The fourth-order valence-corrected chi connectivity index (χ4v) is 7.33. The summed E-state index contributed by atoms with van der Waals surface area (Å²) in [7, 11) is 0. The molecule has 0 aliphatic carbocycles. The molecular weight excluding hydrogens is 591 g/mol. The third-order valence-corrected chi connectivity index (χ3v) is 9.62. The van der Waals surface area contributed by atoms with Crippen molar-refractivity contribution >= 4 is 49.4 Å². The second-order valence-electron chi connectivity index (χ2n) is 12.5. The zero-order valence-corrected chi connectivity index (χ0v) is 27.0. The summed E-state index contributed by atoms with van der Waals surface area (Å²) in [6.07, 6.45) is 0. The molecule has 1 nitrogen and oxygen atoms in total. The zero-order chi connectivity index (χ0) is 32.6. The Morgan fingerprint density at radius 1 is 0.286 bits per heavy atom. The summed E-state index contributed by atoms with van der Waals surface area (Å²) in [5.41, 5.74) is 10.7. The molecule has 0 unspecified atom stereocenters. The van der Waals surface area contributed by atoms with Gasteiger partial charge in [-0.05, 0) is 96.7 Å². The quantitative estimate of drug-likeness (QED) is 0.167. The molecule has 0 atom stereocenters. The van der Waals surface area contributed by atoms with E-state index >= 15 is 0 Å². The lowest BCUT2D eigenvalue weighted by atomic mass is 9.90. The number of benzene rings is 9. The molecule has 0 aliphatic heterocycles. The number of hydrogen-bond donors (Lipinski definition) is 0. The first-order valence-electron chi connectivity index (χ1n) is 16.9. The van der Waals surface area contributed by atoms with Gasteiger partial charge in [0, 0.05) is 16.8 Å². The van der Waals surface area contributed by atoms with Gasteiger partial charge in [-0.2, -0.15) is 0 Å². The van der Waals surface area contributed by atoms with E-state index in [4.69, 9.17) is 0 Å². The molecule has 230 valence electrons. The molecule has 0 amide bonds. The first-order valence-corrected chi connectivity index (χ1v) is 16.9. The molecule has 0 saturated carbocycles. The lowest BCUT2D eigenvalue weighted by Gasteiger charge is -2.27. The standard InChI is InChI=1S/C48H33N/c1-3-14-35(15-4-1)43-26-12-17-36-18-13-27-44(48(36)43)38-20-11-19-37(32-38)34-28-30-41(31-29-34)49(40-21-5-2-6-22-40)47-33-39-16-7-8-23-42(39)45-24-9-10-25-46(45)47/h1-33H. The highest BCUT2D eigenvalue weighted by atomic mass is 15.1. The third-order valence-electron chi connectivity index (χ3n) is 9.62. The molecule has 0 spiro atoms. The first kappa shape index (κ1) is 28.8. The number of fused-ring (bicyclic) bond motifs is 4. The summed E-state index contributed by atoms with van der Waals surface area (Å²) in [4.78, 5) is 2.39. The van der Waals surface area contributed by atoms with Crippen molar-refractivity contribution < 1.29 is 0 Å². The van der Waals surface area contributed by atoms with Crippen LogP contribution in [0.2, 0.25) is 0 Å². The normalized spacial score (nSPS) is 11.3. The Balaban J connectivity index is 1.15. The van der Waals surface area contributed by atoms with Crippen LogP contribution in [0.4, 0.5) is 17.1 Å². The lowest BCUT2D eigenvalue weighted by Crippen LogP contribution is -2.10. The highest BCUT2D eigenvalue weighted by molar-refractivity contribution is 6.14. The highest BCUT2D eigenvalue weighted by Gasteiger charge is 2.17. The Labute approximate surface area is 287 Å². The van der Waals surface area contributed by atoms with Gasteiger partial charge in [-0.25, -0.2) is 0 Å². The smallest absolute Gasteiger partial charge is 0.0546 e. The molecular formula is C48H33N. The average Bonchev–Trinajstić information content (AvgIpc) is 3.19. The maximum atomic E-state index is 2.39. The van der Waals surface area contributed by atoms with Crippen molar-refractivity contribution in [1.29, 1.82) is 0 Å². The van der Waals surface area contributed by atoms with Crippen molar-refractivity contribution in [3.8, 4) is 33.4 Å². The maximum Gasteiger partial charge on any atom is 0.0546 e. The second kappa shape index (κ2) is 12.3. The minimum absolute atomic E-state index is 1.12. The molecule has 9 aromatic carbocycles. The maximum absolute atomic E-state index is 2.39. The minimum Gasteiger partial charge on any atom is -0.310 e. The van der Waals surface area contributed by atoms with E-state index in [1.54, 1.807) is 0 Å². The van der Waals surface area contributed by atoms with Gasteiger partial charge in [-0.15, -0.1) is 0 Å². The summed E-state index contributed by atoms with van der Waals surface area (Å²) in [6.45, 7) is 0. The second-order valence-corrected chi connectivity index (χ2v) is 12.5. The Hall–Kier alpha value is -6.44. The van der Waals surface area contributed by atoms with Crippen molar-refractivity contribution in [3.63, 3.8) is 0 Å². The predicted octanol–water partition coefficient (Wildman–Crippen LogP) is 13.6. The van der Waals surface area contributed by atoms with Gasteiger partial charge < -0.3 is 4.90 Å². The Kier molecular flexibility index (Phi) is 7.22. The van der Waals surface area contributed by atoms with Gasteiger partial charge in [-0.1, -0.05) is 164 Å². The van der Waals surface area contributed by atoms with Crippen LogP contribution < -0.4 is 4.90 Å². The van der Waals surface area contributed by atoms with E-state index in [9.17, 15) is 0 Å². The molecule has 0 heterocycles. The Morgan fingerprint density at radius 2 is 0.816 bits per heavy atom. The molecule has 0 fully saturated rings. The van der Waals surface area contributed by atoms with Gasteiger partial charge >= 0.3 is 0 Å². The van der Waals surface area contributed by atoms with E-state index in [-0.39, 0.29) is 0 Å². The predicted molar refractivity (Wildman–Crippen MR) is 210 cm³/mol. The van der Waals surface area contributed by atoms with Crippen LogP contribution in [0.5, 0.6) is 0 Å². The summed E-state index contributed by atoms with van der Waals surface area (Å²) in [5, 5.41) is 7.52. The van der Waals surface area contributed by atoms with Crippen molar-refractivity contribution in [1.82, 2.24) is 0 Å². The molecule has 49 heavy (non-hydrogen) atoms. The number of nitrogens with zero attached hydrogens (tertiary/aromatic N) is 1. The summed E-state index contributed by atoms with van der Waals surface area (Å²) < 4.78 is 0. The van der Waals surface area contributed by atoms with Crippen molar-refractivity contribution in [2.45, 2.75) is 0 Å². The Bertz CT molecular complexity index is 2580. The van der Waals surface area contributed by atoms with Gasteiger partial charge in [0.25, 0.3) is 0 Å². The molecule has 0 radical (unpaired) electrons. The van der Waals surface area contributed by atoms with Gasteiger partial charge in [0.15, 0.2) is 0 Å². The van der Waals surface area contributed by atoms with Crippen molar-refractivity contribution in [2.75, 3.05) is 4.90 Å². The number of anilines is 3. The van der Waals surface area contributed by atoms with Gasteiger partial charge in [-0.3, -0.25) is 0 Å². The topological polar surface area (TPSA) is 3.24 Å². The van der Waals surface area contributed by atoms with E-state index in [1.165, 1.54) is 71.4 Å². The minimum atomic E-state index is 1.12. The first-order chi connectivity index (χ1) is 24.3. The fourth-order valence-electron chi connectivity index (χ4n) is 7.33. The van der Waals surface area contributed by atoms with Crippen LogP contribution >= 0.6 is 0 Å². The van der Waals surface area contributed by atoms with Crippen LogP contribution in [0.3, 0.4) is 0 Å². The largest absolute Gasteiger partial charge is 0.310 e. The van der Waals surface area contributed by atoms with Crippen LogP contribution in [0.1, 0.15) is 0 Å². The molecule has 0 N–H and O–H groups in total.